The van der Waals surface area contributed by atoms with Crippen molar-refractivity contribution in [3.8, 4) is 0 Å². The smallest absolute Gasteiger partial charge is 0.192 e. The van der Waals surface area contributed by atoms with Gasteiger partial charge in [0.2, 0.25) is 0 Å². The first-order valence-electron chi connectivity index (χ1n) is 5.17. The lowest BCUT2D eigenvalue weighted by Crippen LogP contribution is -2.05. The topological polar surface area (TPSA) is 37.8 Å². The van der Waals surface area contributed by atoms with Crippen LogP contribution in [0.1, 0.15) is 5.56 Å². The molecule has 2 rings (SSSR count). The Morgan fingerprint density at radius 2 is 1.94 bits per heavy atom. The lowest BCUT2D eigenvalue weighted by Gasteiger charge is -2.03. The van der Waals surface area contributed by atoms with E-state index < -0.39 is 0 Å². The van der Waals surface area contributed by atoms with Crippen LogP contribution >= 0.6 is 23.4 Å². The Morgan fingerprint density at radius 3 is 2.59 bits per heavy atom. The van der Waals surface area contributed by atoms with Crippen LogP contribution < -0.4 is 5.32 Å². The molecule has 0 saturated heterocycles. The minimum absolute atomic E-state index is 0.706. The normalized spacial score (nSPS) is 10.5. The van der Waals surface area contributed by atoms with Crippen LogP contribution in [0.4, 0.5) is 0 Å². The summed E-state index contributed by atoms with van der Waals surface area (Å²) in [6.45, 7) is 0.775. The fourth-order valence-electron chi connectivity index (χ4n) is 1.32. The van der Waals surface area contributed by atoms with E-state index in [2.05, 4.69) is 15.3 Å². The van der Waals surface area contributed by atoms with Crippen molar-refractivity contribution in [2.45, 2.75) is 16.6 Å². The maximum atomic E-state index is 6.07. The Hall–Kier alpha value is -1.10. The highest BCUT2D eigenvalue weighted by Crippen LogP contribution is 2.30. The number of benzene rings is 1. The molecule has 5 heteroatoms. The zero-order valence-corrected chi connectivity index (χ0v) is 10.9. The maximum absolute atomic E-state index is 6.07. The van der Waals surface area contributed by atoms with Crippen LogP contribution in [0.5, 0.6) is 0 Å². The highest BCUT2D eigenvalue weighted by Gasteiger charge is 2.04. The summed E-state index contributed by atoms with van der Waals surface area (Å²) in [5.74, 6) is 0. The monoisotopic (exact) mass is 265 g/mol. The van der Waals surface area contributed by atoms with Gasteiger partial charge in [0.1, 0.15) is 0 Å². The van der Waals surface area contributed by atoms with E-state index in [4.69, 9.17) is 11.6 Å². The van der Waals surface area contributed by atoms with Gasteiger partial charge in [-0.3, -0.25) is 0 Å². The van der Waals surface area contributed by atoms with E-state index in [-0.39, 0.29) is 0 Å². The summed E-state index contributed by atoms with van der Waals surface area (Å²) in [7, 11) is 1.90. The zero-order valence-electron chi connectivity index (χ0n) is 9.35. The van der Waals surface area contributed by atoms with Crippen LogP contribution in [-0.4, -0.2) is 17.0 Å². The number of hydrogen-bond acceptors (Lipinski definition) is 4. The Bertz CT molecular complexity index is 487. The van der Waals surface area contributed by atoms with E-state index in [0.717, 1.165) is 22.0 Å². The number of halogens is 1. The highest BCUT2D eigenvalue weighted by atomic mass is 35.5. The fourth-order valence-corrected chi connectivity index (χ4v) is 2.29. The second-order valence-electron chi connectivity index (χ2n) is 3.44. The van der Waals surface area contributed by atoms with Gasteiger partial charge in [0.05, 0.1) is 5.02 Å². The lowest BCUT2D eigenvalue weighted by molar-refractivity contribution is 0.793. The van der Waals surface area contributed by atoms with Gasteiger partial charge in [-0.1, -0.05) is 23.7 Å². The van der Waals surface area contributed by atoms with Crippen molar-refractivity contribution in [3.05, 3.63) is 47.2 Å². The molecule has 0 fully saturated rings. The molecule has 3 nitrogen and oxygen atoms in total. The Labute approximate surface area is 110 Å². The predicted octanol–water partition coefficient (Wildman–Crippen LogP) is 3.00. The molecule has 0 bridgehead atoms. The predicted molar refractivity (Wildman–Crippen MR) is 70.4 cm³/mol. The SMILES string of the molecule is CNCc1cnc(Sc2ccccc2Cl)nc1. The molecule has 0 saturated carbocycles. The minimum Gasteiger partial charge on any atom is -0.316 e. The summed E-state index contributed by atoms with van der Waals surface area (Å²) in [5, 5.41) is 4.48. The van der Waals surface area contributed by atoms with Crippen LogP contribution in [0, 0.1) is 0 Å². The molecule has 1 N–H and O–H groups in total. The lowest BCUT2D eigenvalue weighted by atomic mass is 10.3. The van der Waals surface area contributed by atoms with Gasteiger partial charge in [-0.2, -0.15) is 0 Å². The van der Waals surface area contributed by atoms with E-state index in [1.807, 2.05) is 43.7 Å². The molecular weight excluding hydrogens is 254 g/mol. The molecule has 1 heterocycles. The molecule has 88 valence electrons. The van der Waals surface area contributed by atoms with Gasteiger partial charge in [0, 0.05) is 29.4 Å². The third-order valence-electron chi connectivity index (χ3n) is 2.10. The molecule has 0 radical (unpaired) electrons. The number of nitrogens with zero attached hydrogens (tertiary/aromatic N) is 2. The number of hydrogen-bond donors (Lipinski definition) is 1. The largest absolute Gasteiger partial charge is 0.316 e. The minimum atomic E-state index is 0.706. The van der Waals surface area contributed by atoms with Gasteiger partial charge >= 0.3 is 0 Å². The molecule has 0 aliphatic rings. The molecule has 17 heavy (non-hydrogen) atoms. The average Bonchev–Trinajstić information content (AvgIpc) is 2.35. The first-order chi connectivity index (χ1) is 8.29. The van der Waals surface area contributed by atoms with Gasteiger partial charge < -0.3 is 5.32 Å². The summed E-state index contributed by atoms with van der Waals surface area (Å²) in [6.07, 6.45) is 3.64. The third-order valence-corrected chi connectivity index (χ3v) is 3.51. The van der Waals surface area contributed by atoms with E-state index in [9.17, 15) is 0 Å². The first kappa shape index (κ1) is 12.4. The summed E-state index contributed by atoms with van der Waals surface area (Å²) >= 11 is 7.54. The number of rotatable bonds is 4. The van der Waals surface area contributed by atoms with E-state index >= 15 is 0 Å². The summed E-state index contributed by atoms with van der Waals surface area (Å²) in [5.41, 5.74) is 1.07. The molecule has 2 aromatic rings. The molecule has 0 aliphatic carbocycles. The quantitative estimate of drug-likeness (QED) is 0.863. The third kappa shape index (κ3) is 3.43. The Balaban J connectivity index is 2.11. The van der Waals surface area contributed by atoms with Gasteiger partial charge in [-0.25, -0.2) is 9.97 Å². The van der Waals surface area contributed by atoms with Gasteiger partial charge in [-0.05, 0) is 30.9 Å². The van der Waals surface area contributed by atoms with E-state index in [1.54, 1.807) is 0 Å². The van der Waals surface area contributed by atoms with Crippen LogP contribution in [0.15, 0.2) is 46.7 Å². The van der Waals surface area contributed by atoms with Gasteiger partial charge in [0.25, 0.3) is 0 Å². The van der Waals surface area contributed by atoms with Crippen LogP contribution in [0.2, 0.25) is 5.02 Å². The molecule has 1 aromatic heterocycles. The van der Waals surface area contributed by atoms with Crippen molar-refractivity contribution >= 4 is 23.4 Å². The van der Waals surface area contributed by atoms with Gasteiger partial charge in [0.15, 0.2) is 5.16 Å². The van der Waals surface area contributed by atoms with Crippen molar-refractivity contribution in [2.75, 3.05) is 7.05 Å². The van der Waals surface area contributed by atoms with Crippen LogP contribution in [0.25, 0.3) is 0 Å². The van der Waals surface area contributed by atoms with Crippen molar-refractivity contribution in [1.29, 1.82) is 0 Å². The summed E-state index contributed by atoms with van der Waals surface area (Å²) in [4.78, 5) is 9.54. The molecule has 0 amide bonds. The van der Waals surface area contributed by atoms with Crippen molar-refractivity contribution in [2.24, 2.45) is 0 Å². The van der Waals surface area contributed by atoms with Crippen LogP contribution in [0.3, 0.4) is 0 Å². The van der Waals surface area contributed by atoms with Crippen molar-refractivity contribution < 1.29 is 0 Å². The zero-order chi connectivity index (χ0) is 12.1. The highest BCUT2D eigenvalue weighted by molar-refractivity contribution is 7.99. The molecule has 1 aromatic carbocycles. The average molecular weight is 266 g/mol. The van der Waals surface area contributed by atoms with Crippen molar-refractivity contribution in [3.63, 3.8) is 0 Å². The fraction of sp³-hybridized carbons (Fsp3) is 0.167. The van der Waals surface area contributed by atoms with Crippen LogP contribution in [-0.2, 0) is 6.54 Å². The van der Waals surface area contributed by atoms with E-state index in [1.165, 1.54) is 11.8 Å². The standard InChI is InChI=1S/C12H12ClN3S/c1-14-6-9-7-15-12(16-8-9)17-11-5-3-2-4-10(11)13/h2-5,7-8,14H,6H2,1H3. The van der Waals surface area contributed by atoms with E-state index in [0.29, 0.717) is 5.16 Å². The number of nitrogens with one attached hydrogen (secondary N) is 1. The molecule has 0 spiro atoms. The summed E-state index contributed by atoms with van der Waals surface area (Å²) < 4.78 is 0. The molecular formula is C12H12ClN3S. The first-order valence-corrected chi connectivity index (χ1v) is 6.37. The molecule has 0 atom stereocenters. The summed E-state index contributed by atoms with van der Waals surface area (Å²) in [6, 6.07) is 7.67. The molecule has 0 aliphatic heterocycles. The Kier molecular flexibility index (Phi) is 4.36. The number of aromatic nitrogens is 2. The second kappa shape index (κ2) is 6.00. The molecule has 0 unspecified atom stereocenters. The van der Waals surface area contributed by atoms with Gasteiger partial charge in [-0.15, -0.1) is 0 Å². The Morgan fingerprint density at radius 1 is 1.24 bits per heavy atom. The second-order valence-corrected chi connectivity index (χ2v) is 4.85. The van der Waals surface area contributed by atoms with Crippen molar-refractivity contribution in [1.82, 2.24) is 15.3 Å². The maximum Gasteiger partial charge on any atom is 0.192 e.